The second kappa shape index (κ2) is 6.39. The molecule has 2 fully saturated rings. The molecule has 1 aromatic heterocycles. The van der Waals surface area contributed by atoms with Gasteiger partial charge in [-0.2, -0.15) is 0 Å². The summed E-state index contributed by atoms with van der Waals surface area (Å²) in [5, 5.41) is 6.88. The summed E-state index contributed by atoms with van der Waals surface area (Å²) in [4.78, 5) is 9.31. The zero-order chi connectivity index (χ0) is 13.8. The van der Waals surface area contributed by atoms with Crippen molar-refractivity contribution in [3.8, 4) is 0 Å². The van der Waals surface area contributed by atoms with Crippen LogP contribution in [0.2, 0.25) is 0 Å². The number of anilines is 2. The minimum absolute atomic E-state index is 0.379. The molecule has 1 aromatic rings. The second-order valence-corrected chi connectivity index (χ2v) is 5.76. The number of ether oxygens (including phenoxy) is 1. The minimum atomic E-state index is 0.379. The van der Waals surface area contributed by atoms with Crippen LogP contribution >= 0.6 is 0 Å². The lowest BCUT2D eigenvalue weighted by Gasteiger charge is -2.24. The van der Waals surface area contributed by atoms with Crippen LogP contribution in [-0.2, 0) is 4.74 Å². The molecule has 1 saturated heterocycles. The van der Waals surface area contributed by atoms with Crippen LogP contribution in [0.25, 0.3) is 0 Å². The van der Waals surface area contributed by atoms with Crippen LogP contribution in [0.3, 0.4) is 0 Å². The molecule has 20 heavy (non-hydrogen) atoms. The summed E-state index contributed by atoms with van der Waals surface area (Å²) in [6, 6.07) is 2.40. The van der Waals surface area contributed by atoms with Crippen LogP contribution in [0.5, 0.6) is 0 Å². The van der Waals surface area contributed by atoms with Gasteiger partial charge in [-0.15, -0.1) is 0 Å². The average molecular weight is 276 g/mol. The van der Waals surface area contributed by atoms with Crippen molar-refractivity contribution in [2.45, 2.75) is 51.0 Å². The predicted molar refractivity (Wildman–Crippen MR) is 80.3 cm³/mol. The SMILES string of the molecule is CCCNc1cc(NC2CCCOC2)nc(C2CC2)n1. The van der Waals surface area contributed by atoms with Gasteiger partial charge in [-0.05, 0) is 32.1 Å². The molecule has 0 radical (unpaired) electrons. The summed E-state index contributed by atoms with van der Waals surface area (Å²) in [5.41, 5.74) is 0. The standard InChI is InChI=1S/C15H24N4O/c1-2-7-16-13-9-14(17-12-4-3-8-20-10-12)19-15(18-13)11-5-6-11/h9,11-12H,2-8,10H2,1H3,(H2,16,17,18,19). The molecule has 3 rings (SSSR count). The highest BCUT2D eigenvalue weighted by molar-refractivity contribution is 5.48. The first-order valence-electron chi connectivity index (χ1n) is 7.82. The van der Waals surface area contributed by atoms with Crippen molar-refractivity contribution in [1.82, 2.24) is 9.97 Å². The van der Waals surface area contributed by atoms with Gasteiger partial charge in [0, 0.05) is 25.1 Å². The molecule has 1 atom stereocenters. The number of aromatic nitrogens is 2. The summed E-state index contributed by atoms with van der Waals surface area (Å²) in [5.74, 6) is 3.45. The number of rotatable bonds is 6. The molecule has 0 bridgehead atoms. The molecule has 1 aliphatic heterocycles. The summed E-state index contributed by atoms with van der Waals surface area (Å²) in [7, 11) is 0. The maximum atomic E-state index is 5.52. The fourth-order valence-corrected chi connectivity index (χ4v) is 2.47. The zero-order valence-electron chi connectivity index (χ0n) is 12.2. The van der Waals surface area contributed by atoms with Gasteiger partial charge >= 0.3 is 0 Å². The van der Waals surface area contributed by atoms with E-state index in [1.165, 1.54) is 12.8 Å². The van der Waals surface area contributed by atoms with Gasteiger partial charge in [0.2, 0.25) is 0 Å². The molecule has 5 nitrogen and oxygen atoms in total. The van der Waals surface area contributed by atoms with E-state index in [-0.39, 0.29) is 0 Å². The van der Waals surface area contributed by atoms with Crippen LogP contribution in [0.1, 0.15) is 50.8 Å². The normalized spacial score (nSPS) is 22.6. The lowest BCUT2D eigenvalue weighted by Crippen LogP contribution is -2.30. The van der Waals surface area contributed by atoms with E-state index in [2.05, 4.69) is 27.5 Å². The van der Waals surface area contributed by atoms with Gasteiger partial charge in [-0.3, -0.25) is 0 Å². The molecule has 2 N–H and O–H groups in total. The molecular weight excluding hydrogens is 252 g/mol. The minimum Gasteiger partial charge on any atom is -0.379 e. The van der Waals surface area contributed by atoms with Crippen LogP contribution < -0.4 is 10.6 Å². The first-order chi connectivity index (χ1) is 9.85. The van der Waals surface area contributed by atoms with Gasteiger partial charge in [-0.1, -0.05) is 6.92 Å². The molecule has 1 unspecified atom stereocenters. The first-order valence-corrected chi connectivity index (χ1v) is 7.82. The van der Waals surface area contributed by atoms with Gasteiger partial charge in [-0.25, -0.2) is 9.97 Å². The van der Waals surface area contributed by atoms with Crippen molar-refractivity contribution in [2.24, 2.45) is 0 Å². The van der Waals surface area contributed by atoms with Crippen molar-refractivity contribution in [2.75, 3.05) is 30.4 Å². The highest BCUT2D eigenvalue weighted by Crippen LogP contribution is 2.38. The Labute approximate surface area is 120 Å². The first kappa shape index (κ1) is 13.6. The number of nitrogens with zero attached hydrogens (tertiary/aromatic N) is 2. The van der Waals surface area contributed by atoms with E-state index in [4.69, 9.17) is 4.74 Å². The van der Waals surface area contributed by atoms with Gasteiger partial charge in [0.05, 0.1) is 12.6 Å². The molecule has 0 aromatic carbocycles. The fourth-order valence-electron chi connectivity index (χ4n) is 2.47. The molecule has 110 valence electrons. The third-order valence-corrected chi connectivity index (χ3v) is 3.75. The van der Waals surface area contributed by atoms with Crippen molar-refractivity contribution in [1.29, 1.82) is 0 Å². The summed E-state index contributed by atoms with van der Waals surface area (Å²) in [6.45, 7) is 4.78. The van der Waals surface area contributed by atoms with E-state index in [1.807, 2.05) is 6.07 Å². The zero-order valence-corrected chi connectivity index (χ0v) is 12.2. The van der Waals surface area contributed by atoms with Crippen molar-refractivity contribution in [3.63, 3.8) is 0 Å². The third-order valence-electron chi connectivity index (χ3n) is 3.75. The van der Waals surface area contributed by atoms with Crippen molar-refractivity contribution in [3.05, 3.63) is 11.9 Å². The average Bonchev–Trinajstić information content (AvgIpc) is 3.31. The molecule has 1 saturated carbocycles. The second-order valence-electron chi connectivity index (χ2n) is 5.76. The molecule has 0 amide bonds. The van der Waals surface area contributed by atoms with Crippen LogP contribution in [0.15, 0.2) is 6.07 Å². The number of hydrogen-bond acceptors (Lipinski definition) is 5. The Kier molecular flexibility index (Phi) is 4.35. The summed E-state index contributed by atoms with van der Waals surface area (Å²) < 4.78 is 5.52. The number of hydrogen-bond donors (Lipinski definition) is 2. The Morgan fingerprint density at radius 2 is 2.10 bits per heavy atom. The Hall–Kier alpha value is -1.36. The van der Waals surface area contributed by atoms with Gasteiger partial charge < -0.3 is 15.4 Å². The Bertz CT molecular complexity index is 441. The van der Waals surface area contributed by atoms with E-state index >= 15 is 0 Å². The Morgan fingerprint density at radius 1 is 1.25 bits per heavy atom. The van der Waals surface area contributed by atoms with Crippen molar-refractivity contribution < 1.29 is 4.74 Å². The molecule has 2 heterocycles. The largest absolute Gasteiger partial charge is 0.379 e. The highest BCUT2D eigenvalue weighted by atomic mass is 16.5. The van der Waals surface area contributed by atoms with Crippen LogP contribution in [0.4, 0.5) is 11.6 Å². The highest BCUT2D eigenvalue weighted by Gasteiger charge is 2.27. The summed E-state index contributed by atoms with van der Waals surface area (Å²) in [6.07, 6.45) is 5.83. The molecule has 0 spiro atoms. The summed E-state index contributed by atoms with van der Waals surface area (Å²) >= 11 is 0. The quantitative estimate of drug-likeness (QED) is 0.836. The van der Waals surface area contributed by atoms with E-state index in [1.54, 1.807) is 0 Å². The predicted octanol–water partition coefficient (Wildman–Crippen LogP) is 2.77. The van der Waals surface area contributed by atoms with Gasteiger partial charge in [0.15, 0.2) is 0 Å². The van der Waals surface area contributed by atoms with Crippen LogP contribution in [0, 0.1) is 0 Å². The molecule has 2 aliphatic rings. The third kappa shape index (κ3) is 3.60. The maximum absolute atomic E-state index is 5.52. The van der Waals surface area contributed by atoms with Gasteiger partial charge in [0.1, 0.15) is 17.5 Å². The molecule has 1 aliphatic carbocycles. The molecular formula is C15H24N4O. The van der Waals surface area contributed by atoms with Crippen molar-refractivity contribution >= 4 is 11.6 Å². The number of nitrogens with one attached hydrogen (secondary N) is 2. The smallest absolute Gasteiger partial charge is 0.136 e. The maximum Gasteiger partial charge on any atom is 0.136 e. The van der Waals surface area contributed by atoms with Crippen LogP contribution in [-0.4, -0.2) is 35.8 Å². The topological polar surface area (TPSA) is 59.1 Å². The van der Waals surface area contributed by atoms with E-state index < -0.39 is 0 Å². The van der Waals surface area contributed by atoms with E-state index in [9.17, 15) is 0 Å². The van der Waals surface area contributed by atoms with Gasteiger partial charge in [0.25, 0.3) is 0 Å². The Balaban J connectivity index is 1.71. The van der Waals surface area contributed by atoms with E-state index in [0.717, 1.165) is 56.5 Å². The lowest BCUT2D eigenvalue weighted by molar-refractivity contribution is 0.0875. The molecule has 5 heteroatoms. The lowest BCUT2D eigenvalue weighted by atomic mass is 10.1. The monoisotopic (exact) mass is 276 g/mol. The fraction of sp³-hybridized carbons (Fsp3) is 0.733. The Morgan fingerprint density at radius 3 is 2.80 bits per heavy atom. The van der Waals surface area contributed by atoms with E-state index in [0.29, 0.717) is 12.0 Å².